The molecule has 0 radical (unpaired) electrons. The summed E-state index contributed by atoms with van der Waals surface area (Å²) in [5, 5.41) is 9.87. The van der Waals surface area contributed by atoms with Gasteiger partial charge in [-0.1, -0.05) is 31.9 Å². The molecule has 1 atom stereocenters. The van der Waals surface area contributed by atoms with Crippen molar-refractivity contribution in [1.82, 2.24) is 0 Å². The highest BCUT2D eigenvalue weighted by atomic mass is 79.9. The molecule has 1 aromatic carbocycles. The van der Waals surface area contributed by atoms with Gasteiger partial charge in [-0.15, -0.1) is 0 Å². The molecule has 0 saturated heterocycles. The van der Waals surface area contributed by atoms with Crippen molar-refractivity contribution >= 4 is 41.7 Å². The van der Waals surface area contributed by atoms with E-state index in [0.717, 1.165) is 15.2 Å². The Kier molecular flexibility index (Phi) is 4.97. The Morgan fingerprint density at radius 1 is 1.38 bits per heavy atom. The molecule has 0 aliphatic carbocycles. The molecule has 3 nitrogen and oxygen atoms in total. The van der Waals surface area contributed by atoms with Crippen molar-refractivity contribution in [3.63, 3.8) is 0 Å². The molecule has 0 saturated carbocycles. The van der Waals surface area contributed by atoms with E-state index in [2.05, 4.69) is 31.9 Å². The molecule has 0 fully saturated rings. The standard InChI is InChI=1S/C10H12Br2O3S/c1-16(14,15)5-4-10(13)8-6-7(11)2-3-9(8)12/h2-3,6,10,13H,4-5H2,1H3. The molecule has 1 aromatic rings. The highest BCUT2D eigenvalue weighted by Gasteiger charge is 2.14. The Labute approximate surface area is 112 Å². The number of hydrogen-bond donors (Lipinski definition) is 1. The Morgan fingerprint density at radius 3 is 2.56 bits per heavy atom. The molecule has 16 heavy (non-hydrogen) atoms. The van der Waals surface area contributed by atoms with Gasteiger partial charge in [-0.3, -0.25) is 0 Å². The predicted octanol–water partition coefficient (Wildman–Crippen LogP) is 2.68. The van der Waals surface area contributed by atoms with Crippen molar-refractivity contribution in [2.45, 2.75) is 12.5 Å². The van der Waals surface area contributed by atoms with Crippen molar-refractivity contribution in [2.75, 3.05) is 12.0 Å². The van der Waals surface area contributed by atoms with Crippen molar-refractivity contribution in [1.29, 1.82) is 0 Å². The van der Waals surface area contributed by atoms with Gasteiger partial charge in [0.25, 0.3) is 0 Å². The Hall–Kier alpha value is 0.0900. The first-order valence-corrected chi connectivity index (χ1v) is 8.25. The third-order valence-electron chi connectivity index (χ3n) is 2.08. The largest absolute Gasteiger partial charge is 0.388 e. The number of aliphatic hydroxyl groups is 1. The average Bonchev–Trinajstić information content (AvgIpc) is 2.17. The van der Waals surface area contributed by atoms with Crippen LogP contribution in [0.25, 0.3) is 0 Å². The molecule has 1 N–H and O–H groups in total. The van der Waals surface area contributed by atoms with Crippen LogP contribution in [0, 0.1) is 0 Å². The summed E-state index contributed by atoms with van der Waals surface area (Å²) in [6.07, 6.45) is 0.588. The first kappa shape index (κ1) is 14.2. The van der Waals surface area contributed by atoms with Crippen molar-refractivity contribution < 1.29 is 13.5 Å². The summed E-state index contributed by atoms with van der Waals surface area (Å²) in [4.78, 5) is 0. The van der Waals surface area contributed by atoms with E-state index in [-0.39, 0.29) is 12.2 Å². The summed E-state index contributed by atoms with van der Waals surface area (Å²) in [6, 6.07) is 5.43. The third kappa shape index (κ3) is 4.53. The second-order valence-electron chi connectivity index (χ2n) is 3.60. The number of sulfone groups is 1. The molecule has 0 heterocycles. The fourth-order valence-corrected chi connectivity index (χ4v) is 2.79. The molecule has 0 amide bonds. The van der Waals surface area contributed by atoms with Crippen LogP contribution in [0.3, 0.4) is 0 Å². The zero-order valence-electron chi connectivity index (χ0n) is 8.65. The quantitative estimate of drug-likeness (QED) is 0.885. The van der Waals surface area contributed by atoms with E-state index in [1.54, 1.807) is 6.07 Å². The van der Waals surface area contributed by atoms with Gasteiger partial charge in [0.2, 0.25) is 0 Å². The number of hydrogen-bond acceptors (Lipinski definition) is 3. The summed E-state index contributed by atoms with van der Waals surface area (Å²) in [5.41, 5.74) is 0.693. The molecule has 90 valence electrons. The van der Waals surface area contributed by atoms with Crippen molar-refractivity contribution in [3.05, 3.63) is 32.7 Å². The lowest BCUT2D eigenvalue weighted by atomic mass is 10.1. The minimum absolute atomic E-state index is 0.0207. The zero-order chi connectivity index (χ0) is 12.3. The van der Waals surface area contributed by atoms with Gasteiger partial charge in [0.05, 0.1) is 11.9 Å². The van der Waals surface area contributed by atoms with Crippen LogP contribution in [-0.2, 0) is 9.84 Å². The van der Waals surface area contributed by atoms with Crippen LogP contribution in [0.5, 0.6) is 0 Å². The second-order valence-corrected chi connectivity index (χ2v) is 7.63. The fourth-order valence-electron chi connectivity index (χ4n) is 1.25. The second kappa shape index (κ2) is 5.62. The van der Waals surface area contributed by atoms with E-state index in [4.69, 9.17) is 0 Å². The molecule has 1 unspecified atom stereocenters. The summed E-state index contributed by atoms with van der Waals surface area (Å²) in [7, 11) is -3.04. The number of aliphatic hydroxyl groups excluding tert-OH is 1. The molecule has 0 bridgehead atoms. The van der Waals surface area contributed by atoms with Crippen LogP contribution in [0.4, 0.5) is 0 Å². The van der Waals surface area contributed by atoms with Crippen LogP contribution in [0.15, 0.2) is 27.1 Å². The number of halogens is 2. The maximum Gasteiger partial charge on any atom is 0.147 e. The Morgan fingerprint density at radius 2 is 2.00 bits per heavy atom. The van der Waals surface area contributed by atoms with Gasteiger partial charge in [-0.2, -0.15) is 0 Å². The van der Waals surface area contributed by atoms with Crippen molar-refractivity contribution in [2.24, 2.45) is 0 Å². The average molecular weight is 372 g/mol. The smallest absolute Gasteiger partial charge is 0.147 e. The highest BCUT2D eigenvalue weighted by Crippen LogP contribution is 2.28. The van der Waals surface area contributed by atoms with E-state index >= 15 is 0 Å². The number of rotatable bonds is 4. The van der Waals surface area contributed by atoms with Gasteiger partial charge < -0.3 is 5.11 Å². The molecular formula is C10H12Br2O3S. The van der Waals surface area contributed by atoms with E-state index in [0.29, 0.717) is 5.56 Å². The first-order chi connectivity index (χ1) is 7.29. The van der Waals surface area contributed by atoms with Crippen LogP contribution in [-0.4, -0.2) is 25.5 Å². The van der Waals surface area contributed by atoms with Gasteiger partial charge in [0.1, 0.15) is 9.84 Å². The monoisotopic (exact) mass is 370 g/mol. The zero-order valence-corrected chi connectivity index (χ0v) is 12.6. The van der Waals surface area contributed by atoms with E-state index in [1.807, 2.05) is 12.1 Å². The lowest BCUT2D eigenvalue weighted by molar-refractivity contribution is 0.173. The van der Waals surface area contributed by atoms with E-state index in [1.165, 1.54) is 0 Å². The third-order valence-corrected chi connectivity index (χ3v) is 4.27. The highest BCUT2D eigenvalue weighted by molar-refractivity contribution is 9.11. The fraction of sp³-hybridized carbons (Fsp3) is 0.400. The van der Waals surface area contributed by atoms with Crippen LogP contribution in [0.1, 0.15) is 18.1 Å². The molecule has 0 aliphatic heterocycles. The van der Waals surface area contributed by atoms with Gasteiger partial charge in [0.15, 0.2) is 0 Å². The van der Waals surface area contributed by atoms with Gasteiger partial charge in [0, 0.05) is 15.2 Å². The maximum absolute atomic E-state index is 11.0. The predicted molar refractivity (Wildman–Crippen MR) is 71.1 cm³/mol. The van der Waals surface area contributed by atoms with E-state index in [9.17, 15) is 13.5 Å². The van der Waals surface area contributed by atoms with Crippen LogP contribution in [0.2, 0.25) is 0 Å². The van der Waals surface area contributed by atoms with Gasteiger partial charge >= 0.3 is 0 Å². The minimum Gasteiger partial charge on any atom is -0.388 e. The normalized spacial score (nSPS) is 13.8. The molecule has 0 aliphatic rings. The molecular weight excluding hydrogens is 360 g/mol. The maximum atomic E-state index is 11.0. The molecule has 6 heteroatoms. The van der Waals surface area contributed by atoms with Crippen LogP contribution < -0.4 is 0 Å². The first-order valence-electron chi connectivity index (χ1n) is 4.60. The SMILES string of the molecule is CS(=O)(=O)CCC(O)c1cc(Br)ccc1Br. The topological polar surface area (TPSA) is 54.4 Å². The summed E-state index contributed by atoms with van der Waals surface area (Å²) in [5.74, 6) is -0.0207. The molecule has 0 aromatic heterocycles. The Bertz CT molecular complexity index is 471. The Balaban J connectivity index is 2.80. The molecule has 1 rings (SSSR count). The van der Waals surface area contributed by atoms with Crippen molar-refractivity contribution in [3.8, 4) is 0 Å². The van der Waals surface area contributed by atoms with Gasteiger partial charge in [-0.05, 0) is 30.2 Å². The van der Waals surface area contributed by atoms with E-state index < -0.39 is 15.9 Å². The lowest BCUT2D eigenvalue weighted by Gasteiger charge is -2.12. The molecule has 0 spiro atoms. The minimum atomic E-state index is -3.04. The van der Waals surface area contributed by atoms with Gasteiger partial charge in [-0.25, -0.2) is 8.42 Å². The number of benzene rings is 1. The van der Waals surface area contributed by atoms with Crippen LogP contribution >= 0.6 is 31.9 Å². The lowest BCUT2D eigenvalue weighted by Crippen LogP contribution is -2.08. The summed E-state index contributed by atoms with van der Waals surface area (Å²) >= 11 is 6.63. The summed E-state index contributed by atoms with van der Waals surface area (Å²) in [6.45, 7) is 0. The summed E-state index contributed by atoms with van der Waals surface area (Å²) < 4.78 is 23.6.